The van der Waals surface area contributed by atoms with E-state index < -0.39 is 11.6 Å². The Hall–Kier alpha value is -3.66. The number of piperazine rings is 1. The molecule has 10 heteroatoms. The van der Waals surface area contributed by atoms with Crippen LogP contribution in [0.2, 0.25) is 5.02 Å². The lowest BCUT2D eigenvalue weighted by Crippen LogP contribution is -2.60. The number of carbonyl (C=O) groups excluding carboxylic acids is 1. The lowest BCUT2D eigenvalue weighted by molar-refractivity contribution is -0.133. The van der Waals surface area contributed by atoms with E-state index in [0.29, 0.717) is 37.3 Å². The van der Waals surface area contributed by atoms with Gasteiger partial charge >= 0.3 is 0 Å². The molecular weight excluding hydrogens is 612 g/mol. The highest BCUT2D eigenvalue weighted by Gasteiger charge is 2.39. The van der Waals surface area contributed by atoms with Crippen molar-refractivity contribution in [3.05, 3.63) is 94.0 Å². The Balaban J connectivity index is 1.12. The third-order valence-corrected chi connectivity index (χ3v) is 9.42. The molecule has 0 aromatic heterocycles. The number of amides is 1. The van der Waals surface area contributed by atoms with Crippen molar-refractivity contribution in [2.75, 3.05) is 33.9 Å². The SMILES string of the molecule is COc1ccc(CN(C(=O)C[C@@H]2C(c3ccc(CCCOc4c(F)ccc(F)c4Cl)cc3)=C[C@@H]3CNC[C@H]2N3)C2CC2)cc1OC. The zero-order valence-corrected chi connectivity index (χ0v) is 26.9. The Labute approximate surface area is 273 Å². The molecule has 2 aliphatic heterocycles. The van der Waals surface area contributed by atoms with Crippen LogP contribution >= 0.6 is 11.6 Å². The molecule has 2 N–H and O–H groups in total. The monoisotopic (exact) mass is 651 g/mol. The van der Waals surface area contributed by atoms with Crippen LogP contribution in [0.1, 0.15) is 42.4 Å². The van der Waals surface area contributed by atoms with Crippen LogP contribution in [0.15, 0.2) is 60.7 Å². The quantitative estimate of drug-likeness (QED) is 0.170. The number of nitrogens with zero attached hydrogens (tertiary/aromatic N) is 1. The van der Waals surface area contributed by atoms with Crippen molar-refractivity contribution >= 4 is 23.1 Å². The summed E-state index contributed by atoms with van der Waals surface area (Å²) < 4.78 is 44.1. The summed E-state index contributed by atoms with van der Waals surface area (Å²) in [5.41, 5.74) is 4.44. The summed E-state index contributed by atoms with van der Waals surface area (Å²) in [6, 6.07) is 16.9. The van der Waals surface area contributed by atoms with Gasteiger partial charge in [-0.3, -0.25) is 4.79 Å². The highest BCUT2D eigenvalue weighted by Crippen LogP contribution is 2.37. The van der Waals surface area contributed by atoms with Crippen LogP contribution in [-0.2, 0) is 17.8 Å². The molecular formula is C36H40ClF2N3O4. The van der Waals surface area contributed by atoms with Crippen molar-refractivity contribution in [1.29, 1.82) is 0 Å². The molecule has 0 spiro atoms. The lowest BCUT2D eigenvalue weighted by Gasteiger charge is -2.42. The van der Waals surface area contributed by atoms with Crippen LogP contribution in [0.5, 0.6) is 17.2 Å². The van der Waals surface area contributed by atoms with Crippen LogP contribution in [0.3, 0.4) is 0 Å². The van der Waals surface area contributed by atoms with Crippen molar-refractivity contribution in [3.63, 3.8) is 0 Å². The van der Waals surface area contributed by atoms with E-state index in [1.54, 1.807) is 14.2 Å². The molecule has 3 aliphatic rings. The summed E-state index contributed by atoms with van der Waals surface area (Å²) in [6.45, 7) is 2.39. The van der Waals surface area contributed by atoms with Crippen molar-refractivity contribution in [3.8, 4) is 17.2 Å². The Kier molecular flexibility index (Phi) is 10.1. The van der Waals surface area contributed by atoms with Gasteiger partial charge in [-0.05, 0) is 72.2 Å². The lowest BCUT2D eigenvalue weighted by atomic mass is 9.78. The molecule has 3 aromatic rings. The van der Waals surface area contributed by atoms with Crippen molar-refractivity contribution in [2.45, 2.75) is 56.8 Å². The minimum atomic E-state index is -0.709. The zero-order valence-electron chi connectivity index (χ0n) is 26.2. The average Bonchev–Trinajstić information content (AvgIpc) is 3.92. The number of nitrogens with one attached hydrogen (secondary N) is 2. The molecule has 1 aliphatic carbocycles. The number of methoxy groups -OCH3 is 2. The normalized spacial score (nSPS) is 20.5. The predicted octanol–water partition coefficient (Wildman–Crippen LogP) is 6.17. The fraction of sp³-hybridized carbons (Fsp3) is 0.417. The highest BCUT2D eigenvalue weighted by molar-refractivity contribution is 6.32. The zero-order chi connectivity index (χ0) is 32.2. The standard InChI is InChI=1S/C36H40ClF2N3O4/c1-44-32-14-7-23(16-33(32)45-2)21-42(26-10-11-26)34(43)18-28-27(17-25-19-40-20-31(28)41-25)24-8-5-22(6-9-24)4-3-15-46-36-30(39)13-12-29(38)35(36)37/h5-9,12-14,16-17,25-26,28,31,40-41H,3-4,10-11,15,18-21H2,1-2H3/t25-,28-,31-/m1/s1. The van der Waals surface area contributed by atoms with Crippen molar-refractivity contribution in [1.82, 2.24) is 15.5 Å². The fourth-order valence-corrected chi connectivity index (χ4v) is 6.72. The summed E-state index contributed by atoms with van der Waals surface area (Å²) in [4.78, 5) is 16.0. The molecule has 244 valence electrons. The minimum Gasteiger partial charge on any atom is -0.493 e. The maximum absolute atomic E-state index is 14.0. The molecule has 46 heavy (non-hydrogen) atoms. The van der Waals surface area contributed by atoms with Gasteiger partial charge in [0.2, 0.25) is 5.91 Å². The first-order chi connectivity index (χ1) is 22.3. The summed E-state index contributed by atoms with van der Waals surface area (Å²) in [6.07, 6.45) is 6.06. The summed E-state index contributed by atoms with van der Waals surface area (Å²) in [5.74, 6) is -0.135. The van der Waals surface area contributed by atoms with Gasteiger partial charge in [0.25, 0.3) is 0 Å². The molecule has 1 saturated heterocycles. The van der Waals surface area contributed by atoms with Gasteiger partial charge in [0.05, 0.1) is 20.8 Å². The third kappa shape index (κ3) is 7.32. The van der Waals surface area contributed by atoms with Crippen LogP contribution in [0, 0.1) is 17.6 Å². The third-order valence-electron chi connectivity index (χ3n) is 9.07. The maximum Gasteiger partial charge on any atom is 0.223 e. The Bertz CT molecular complexity index is 1580. The first-order valence-corrected chi connectivity index (χ1v) is 16.3. The van der Waals surface area contributed by atoms with E-state index in [0.717, 1.165) is 54.8 Å². The van der Waals surface area contributed by atoms with Crippen molar-refractivity contribution in [2.24, 2.45) is 5.92 Å². The smallest absolute Gasteiger partial charge is 0.223 e. The van der Waals surface area contributed by atoms with Gasteiger partial charge < -0.3 is 29.7 Å². The first-order valence-electron chi connectivity index (χ1n) is 15.9. The second-order valence-corrected chi connectivity index (χ2v) is 12.6. The molecule has 2 bridgehead atoms. The van der Waals surface area contributed by atoms with Crippen LogP contribution < -0.4 is 24.8 Å². The summed E-state index contributed by atoms with van der Waals surface area (Å²) >= 11 is 5.87. The topological polar surface area (TPSA) is 72.1 Å². The molecule has 0 radical (unpaired) electrons. The van der Waals surface area contributed by atoms with Gasteiger partial charge in [-0.1, -0.05) is 48.0 Å². The number of halogens is 3. The van der Waals surface area contributed by atoms with E-state index in [-0.39, 0.29) is 47.3 Å². The van der Waals surface area contributed by atoms with Crippen LogP contribution in [0.25, 0.3) is 5.57 Å². The van der Waals surface area contributed by atoms with Gasteiger partial charge in [0.1, 0.15) is 10.8 Å². The van der Waals surface area contributed by atoms with E-state index in [4.69, 9.17) is 25.8 Å². The summed E-state index contributed by atoms with van der Waals surface area (Å²) in [5, 5.41) is 6.91. The largest absolute Gasteiger partial charge is 0.493 e. The Morgan fingerprint density at radius 3 is 2.43 bits per heavy atom. The number of aryl methyl sites for hydroxylation is 1. The Morgan fingerprint density at radius 1 is 0.957 bits per heavy atom. The molecule has 0 unspecified atom stereocenters. The Morgan fingerprint density at radius 2 is 1.70 bits per heavy atom. The highest BCUT2D eigenvalue weighted by atomic mass is 35.5. The molecule has 2 fully saturated rings. The van der Waals surface area contributed by atoms with E-state index in [2.05, 4.69) is 41.0 Å². The number of hydrogen-bond donors (Lipinski definition) is 2. The number of benzene rings is 3. The number of rotatable bonds is 13. The number of fused-ring (bicyclic) bond motifs is 2. The maximum atomic E-state index is 14.0. The summed E-state index contributed by atoms with van der Waals surface area (Å²) in [7, 11) is 3.24. The van der Waals surface area contributed by atoms with E-state index in [1.807, 2.05) is 23.1 Å². The van der Waals surface area contributed by atoms with Gasteiger partial charge in [-0.2, -0.15) is 0 Å². The second-order valence-electron chi connectivity index (χ2n) is 12.2. The average molecular weight is 652 g/mol. The molecule has 7 nitrogen and oxygen atoms in total. The fourth-order valence-electron chi connectivity index (χ4n) is 6.52. The van der Waals surface area contributed by atoms with Crippen molar-refractivity contribution < 1.29 is 27.8 Å². The van der Waals surface area contributed by atoms with Gasteiger partial charge in [-0.25, -0.2) is 8.78 Å². The van der Waals surface area contributed by atoms with E-state index in [1.165, 1.54) is 5.57 Å². The first kappa shape index (κ1) is 32.3. The van der Waals surface area contributed by atoms with E-state index in [9.17, 15) is 13.6 Å². The number of carbonyl (C=O) groups is 1. The number of hydrogen-bond acceptors (Lipinski definition) is 6. The van der Waals surface area contributed by atoms with Gasteiger partial charge in [-0.15, -0.1) is 0 Å². The van der Waals surface area contributed by atoms with Gasteiger partial charge in [0, 0.05) is 50.1 Å². The second kappa shape index (κ2) is 14.4. The molecule has 1 amide bonds. The van der Waals surface area contributed by atoms with Crippen LogP contribution in [0.4, 0.5) is 8.78 Å². The van der Waals surface area contributed by atoms with Crippen LogP contribution in [-0.4, -0.2) is 62.8 Å². The molecule has 3 aromatic carbocycles. The van der Waals surface area contributed by atoms with Gasteiger partial charge in [0.15, 0.2) is 23.1 Å². The minimum absolute atomic E-state index is 0.0216. The number of ether oxygens (including phenoxy) is 3. The molecule has 1 saturated carbocycles. The van der Waals surface area contributed by atoms with E-state index >= 15 is 0 Å². The molecule has 6 rings (SSSR count). The molecule has 3 atom stereocenters. The molecule has 2 heterocycles. The predicted molar refractivity (Wildman–Crippen MR) is 174 cm³/mol.